The summed E-state index contributed by atoms with van der Waals surface area (Å²) in [5.41, 5.74) is 1.12. The maximum absolute atomic E-state index is 12.0. The smallest absolute Gasteiger partial charge is 0.246 e. The summed E-state index contributed by atoms with van der Waals surface area (Å²) >= 11 is 0. The van der Waals surface area contributed by atoms with Gasteiger partial charge in [-0.25, -0.2) is 0 Å². The Kier molecular flexibility index (Phi) is 4.10. The van der Waals surface area contributed by atoms with E-state index in [4.69, 9.17) is 0 Å². The normalized spacial score (nSPS) is 19.6. The van der Waals surface area contributed by atoms with Gasteiger partial charge in [0.15, 0.2) is 0 Å². The van der Waals surface area contributed by atoms with Crippen LogP contribution in [-0.2, 0) is 16.1 Å². The molecule has 1 saturated heterocycles. The third-order valence-electron chi connectivity index (χ3n) is 3.09. The van der Waals surface area contributed by atoms with Crippen molar-refractivity contribution >= 4 is 11.8 Å². The molecule has 0 spiro atoms. The number of rotatable bonds is 5. The van der Waals surface area contributed by atoms with Gasteiger partial charge in [-0.1, -0.05) is 37.3 Å². The second-order valence-electron chi connectivity index (χ2n) is 4.51. The lowest BCUT2D eigenvalue weighted by Crippen LogP contribution is -2.38. The average Bonchev–Trinajstić information content (AvgIpc) is 2.66. The topological polar surface area (TPSA) is 49.4 Å². The van der Waals surface area contributed by atoms with Gasteiger partial charge in [0, 0.05) is 13.1 Å². The van der Waals surface area contributed by atoms with Gasteiger partial charge in [-0.2, -0.15) is 0 Å². The number of benzene rings is 1. The summed E-state index contributed by atoms with van der Waals surface area (Å²) in [6.45, 7) is 3.11. The summed E-state index contributed by atoms with van der Waals surface area (Å²) in [5.74, 6) is -0.148. The molecule has 96 valence electrons. The maximum atomic E-state index is 12.0. The summed E-state index contributed by atoms with van der Waals surface area (Å²) in [6.07, 6.45) is 1.09. The highest BCUT2D eigenvalue weighted by molar-refractivity contribution is 6.05. The summed E-state index contributed by atoms with van der Waals surface area (Å²) in [5, 5.41) is 3.15. The number of hydrogen-bond donors (Lipinski definition) is 1. The van der Waals surface area contributed by atoms with Gasteiger partial charge < -0.3 is 5.32 Å². The fourth-order valence-corrected chi connectivity index (χ4v) is 2.14. The minimum atomic E-state index is -0.357. The van der Waals surface area contributed by atoms with Gasteiger partial charge in [0.05, 0.1) is 12.5 Å². The first-order chi connectivity index (χ1) is 8.72. The lowest BCUT2D eigenvalue weighted by molar-refractivity contribution is -0.138. The van der Waals surface area contributed by atoms with E-state index in [1.54, 1.807) is 0 Å². The number of carbonyl (C=O) groups excluding carboxylic acids is 2. The number of amides is 2. The first kappa shape index (κ1) is 12.8. The molecule has 18 heavy (non-hydrogen) atoms. The lowest BCUT2D eigenvalue weighted by Gasteiger charge is -2.14. The van der Waals surface area contributed by atoms with Crippen molar-refractivity contribution in [3.8, 4) is 0 Å². The highest BCUT2D eigenvalue weighted by Gasteiger charge is 2.37. The summed E-state index contributed by atoms with van der Waals surface area (Å²) in [7, 11) is 0. The summed E-state index contributed by atoms with van der Waals surface area (Å²) in [4.78, 5) is 25.0. The Morgan fingerprint density at radius 1 is 1.28 bits per heavy atom. The van der Waals surface area contributed by atoms with Crippen LogP contribution in [0.4, 0.5) is 0 Å². The van der Waals surface area contributed by atoms with E-state index in [1.165, 1.54) is 4.90 Å². The number of nitrogens with zero attached hydrogens (tertiary/aromatic N) is 1. The molecule has 1 N–H and O–H groups in total. The van der Waals surface area contributed by atoms with E-state index in [2.05, 4.69) is 5.32 Å². The molecule has 2 amide bonds. The van der Waals surface area contributed by atoms with Gasteiger partial charge in [-0.15, -0.1) is 0 Å². The zero-order valence-electron chi connectivity index (χ0n) is 10.6. The Bertz CT molecular complexity index is 431. The fraction of sp³-hybridized carbons (Fsp3) is 0.429. The van der Waals surface area contributed by atoms with Crippen LogP contribution in [0, 0.1) is 0 Å². The molecular formula is C14H18N2O2. The molecule has 0 saturated carbocycles. The van der Waals surface area contributed by atoms with Crippen LogP contribution in [0.1, 0.15) is 25.3 Å². The number of imide groups is 1. The van der Waals surface area contributed by atoms with Crippen LogP contribution in [0.3, 0.4) is 0 Å². The van der Waals surface area contributed by atoms with Crippen LogP contribution < -0.4 is 5.32 Å². The Balaban J connectivity index is 1.91. The molecule has 1 aromatic carbocycles. The number of nitrogens with one attached hydrogen (secondary N) is 1. The van der Waals surface area contributed by atoms with Crippen molar-refractivity contribution in [3.05, 3.63) is 35.9 Å². The molecule has 1 unspecified atom stereocenters. The van der Waals surface area contributed by atoms with Crippen LogP contribution in [-0.4, -0.2) is 29.3 Å². The number of likely N-dealkylation sites (tertiary alicyclic amines) is 1. The minimum Gasteiger partial charge on any atom is -0.301 e. The van der Waals surface area contributed by atoms with Gasteiger partial charge in [0.2, 0.25) is 11.8 Å². The van der Waals surface area contributed by atoms with Gasteiger partial charge in [-0.3, -0.25) is 14.5 Å². The third-order valence-corrected chi connectivity index (χ3v) is 3.09. The zero-order chi connectivity index (χ0) is 13.0. The molecule has 1 aromatic rings. The lowest BCUT2D eigenvalue weighted by atomic mass is 10.2. The maximum Gasteiger partial charge on any atom is 0.246 e. The molecule has 4 heteroatoms. The van der Waals surface area contributed by atoms with Crippen LogP contribution in [0.2, 0.25) is 0 Å². The quantitative estimate of drug-likeness (QED) is 0.797. The predicted molar refractivity (Wildman–Crippen MR) is 68.7 cm³/mol. The van der Waals surface area contributed by atoms with Crippen molar-refractivity contribution in [2.24, 2.45) is 0 Å². The molecule has 4 nitrogen and oxygen atoms in total. The van der Waals surface area contributed by atoms with Gasteiger partial charge in [-0.05, 0) is 12.0 Å². The minimum absolute atomic E-state index is 0.0626. The Morgan fingerprint density at radius 3 is 2.67 bits per heavy atom. The molecule has 0 aromatic heterocycles. The standard InChI is InChI=1S/C14H18N2O2/c1-2-8-16-13(17)9-12(14(16)18)15-10-11-6-4-3-5-7-11/h3-7,12,15H,2,8-10H2,1H3. The van der Waals surface area contributed by atoms with Crippen LogP contribution in [0.15, 0.2) is 30.3 Å². The Labute approximate surface area is 107 Å². The van der Waals surface area contributed by atoms with Crippen molar-refractivity contribution in [3.63, 3.8) is 0 Å². The largest absolute Gasteiger partial charge is 0.301 e. The van der Waals surface area contributed by atoms with Crippen molar-refractivity contribution in [1.82, 2.24) is 10.2 Å². The van der Waals surface area contributed by atoms with Crippen molar-refractivity contribution in [2.45, 2.75) is 32.4 Å². The zero-order valence-corrected chi connectivity index (χ0v) is 10.6. The Morgan fingerprint density at radius 2 is 2.00 bits per heavy atom. The summed E-state index contributed by atoms with van der Waals surface area (Å²) in [6, 6.07) is 9.51. The molecule has 1 heterocycles. The van der Waals surface area contributed by atoms with Crippen LogP contribution in [0.25, 0.3) is 0 Å². The van der Waals surface area contributed by atoms with Gasteiger partial charge in [0.25, 0.3) is 0 Å². The number of carbonyl (C=O) groups is 2. The fourth-order valence-electron chi connectivity index (χ4n) is 2.14. The Hall–Kier alpha value is -1.68. The van der Waals surface area contributed by atoms with Crippen LogP contribution in [0.5, 0.6) is 0 Å². The molecule has 0 aliphatic carbocycles. The SMILES string of the molecule is CCCN1C(=O)CC(NCc2ccccc2)C1=O. The highest BCUT2D eigenvalue weighted by atomic mass is 16.2. The molecule has 0 radical (unpaired) electrons. The van der Waals surface area contributed by atoms with Gasteiger partial charge in [0.1, 0.15) is 0 Å². The molecule has 2 rings (SSSR count). The summed E-state index contributed by atoms with van der Waals surface area (Å²) < 4.78 is 0. The molecule has 1 aliphatic rings. The van der Waals surface area contributed by atoms with Crippen molar-refractivity contribution < 1.29 is 9.59 Å². The van der Waals surface area contributed by atoms with E-state index in [0.717, 1.165) is 12.0 Å². The monoisotopic (exact) mass is 246 g/mol. The first-order valence-electron chi connectivity index (χ1n) is 6.34. The second kappa shape index (κ2) is 5.78. The molecule has 0 bridgehead atoms. The molecule has 1 atom stereocenters. The average molecular weight is 246 g/mol. The van der Waals surface area contributed by atoms with Crippen molar-refractivity contribution in [1.29, 1.82) is 0 Å². The van der Waals surface area contributed by atoms with E-state index in [0.29, 0.717) is 13.1 Å². The molecule has 1 aliphatic heterocycles. The van der Waals surface area contributed by atoms with E-state index in [9.17, 15) is 9.59 Å². The highest BCUT2D eigenvalue weighted by Crippen LogP contribution is 2.14. The van der Waals surface area contributed by atoms with Crippen molar-refractivity contribution in [2.75, 3.05) is 6.54 Å². The van der Waals surface area contributed by atoms with E-state index >= 15 is 0 Å². The molecular weight excluding hydrogens is 228 g/mol. The van der Waals surface area contributed by atoms with Crippen LogP contribution >= 0.6 is 0 Å². The number of hydrogen-bond acceptors (Lipinski definition) is 3. The van der Waals surface area contributed by atoms with Gasteiger partial charge >= 0.3 is 0 Å². The first-order valence-corrected chi connectivity index (χ1v) is 6.34. The van der Waals surface area contributed by atoms with E-state index in [-0.39, 0.29) is 24.3 Å². The van der Waals surface area contributed by atoms with E-state index in [1.807, 2.05) is 37.3 Å². The second-order valence-corrected chi connectivity index (χ2v) is 4.51. The predicted octanol–water partition coefficient (Wildman–Crippen LogP) is 1.31. The third kappa shape index (κ3) is 2.76. The van der Waals surface area contributed by atoms with E-state index < -0.39 is 0 Å². The molecule has 1 fully saturated rings.